The van der Waals surface area contributed by atoms with Gasteiger partial charge < -0.3 is 5.11 Å². The highest BCUT2D eigenvalue weighted by Gasteiger charge is 2.26. The molecule has 0 unspecified atom stereocenters. The lowest BCUT2D eigenvalue weighted by atomic mass is 10.0. The van der Waals surface area contributed by atoms with Gasteiger partial charge in [-0.3, -0.25) is 10.4 Å². The fourth-order valence-electron chi connectivity index (χ4n) is 4.36. The van der Waals surface area contributed by atoms with Crippen LogP contribution in [0, 0.1) is 6.92 Å². The molecular weight excluding hydrogens is 370 g/mol. The van der Waals surface area contributed by atoms with Crippen LogP contribution in [0.4, 0.5) is 17.1 Å². The van der Waals surface area contributed by atoms with Gasteiger partial charge >= 0.3 is 0 Å². The SMILES string of the molecule is CCCCCCCCCCCCc1cc(C)cc(N2Nc3ccccc3N2C)c1O. The van der Waals surface area contributed by atoms with E-state index in [1.807, 2.05) is 35.4 Å². The average molecular weight is 410 g/mol. The Kier molecular flexibility index (Phi) is 8.30. The van der Waals surface area contributed by atoms with Gasteiger partial charge in [-0.15, -0.1) is 0 Å². The number of anilines is 3. The number of phenols is 1. The molecule has 0 radical (unpaired) electrons. The van der Waals surface area contributed by atoms with Gasteiger partial charge in [0.2, 0.25) is 0 Å². The van der Waals surface area contributed by atoms with Crippen LogP contribution in [0.5, 0.6) is 5.75 Å². The van der Waals surface area contributed by atoms with Gasteiger partial charge in [0.05, 0.1) is 11.4 Å². The number of hydrogen-bond acceptors (Lipinski definition) is 4. The normalized spacial score (nSPS) is 12.9. The van der Waals surface area contributed by atoms with Crippen LogP contribution in [0.25, 0.3) is 0 Å². The molecule has 2 aromatic rings. The first-order valence-corrected chi connectivity index (χ1v) is 11.8. The first-order valence-electron chi connectivity index (χ1n) is 11.8. The molecule has 0 bridgehead atoms. The van der Waals surface area contributed by atoms with E-state index in [0.29, 0.717) is 5.75 Å². The lowest BCUT2D eigenvalue weighted by Crippen LogP contribution is -2.39. The molecule has 4 heteroatoms. The van der Waals surface area contributed by atoms with Gasteiger partial charge in [0.25, 0.3) is 0 Å². The number of rotatable bonds is 12. The second-order valence-corrected chi connectivity index (χ2v) is 8.69. The van der Waals surface area contributed by atoms with Crippen LogP contribution in [-0.2, 0) is 6.42 Å². The standard InChI is InChI=1S/C26H39N3O/c1-4-5-6-7-8-9-10-11-12-13-16-22-19-21(2)20-25(26(22)30)29-27-23-17-14-15-18-24(23)28(29)3/h14-15,17-20,27,30H,4-13,16H2,1-3H3. The van der Waals surface area contributed by atoms with Crippen LogP contribution < -0.4 is 15.6 Å². The molecule has 0 saturated carbocycles. The number of phenolic OH excluding ortho intramolecular Hbond substituents is 1. The molecule has 4 nitrogen and oxygen atoms in total. The van der Waals surface area contributed by atoms with Crippen LogP contribution >= 0.6 is 0 Å². The Morgan fingerprint density at radius 3 is 2.13 bits per heavy atom. The van der Waals surface area contributed by atoms with Crippen molar-refractivity contribution in [3.63, 3.8) is 0 Å². The van der Waals surface area contributed by atoms with Crippen LogP contribution in [0.2, 0.25) is 0 Å². The van der Waals surface area contributed by atoms with Crippen molar-refractivity contribution in [2.45, 2.75) is 84.5 Å². The number of para-hydroxylation sites is 2. The van der Waals surface area contributed by atoms with E-state index in [1.54, 1.807) is 0 Å². The Morgan fingerprint density at radius 1 is 0.833 bits per heavy atom. The second kappa shape index (κ2) is 11.1. The highest BCUT2D eigenvalue weighted by Crippen LogP contribution is 2.40. The number of hydrogen-bond donors (Lipinski definition) is 2. The summed E-state index contributed by atoms with van der Waals surface area (Å²) in [6.45, 7) is 4.38. The van der Waals surface area contributed by atoms with E-state index >= 15 is 0 Å². The molecule has 0 fully saturated rings. The van der Waals surface area contributed by atoms with Crippen LogP contribution in [-0.4, -0.2) is 12.2 Å². The van der Waals surface area contributed by atoms with Gasteiger partial charge in [-0.2, -0.15) is 5.12 Å². The van der Waals surface area contributed by atoms with Crippen molar-refractivity contribution >= 4 is 17.1 Å². The second-order valence-electron chi connectivity index (χ2n) is 8.69. The van der Waals surface area contributed by atoms with E-state index in [9.17, 15) is 5.11 Å². The summed E-state index contributed by atoms with van der Waals surface area (Å²) < 4.78 is 0. The Labute approximate surface area is 182 Å². The van der Waals surface area contributed by atoms with Crippen molar-refractivity contribution in [3.8, 4) is 5.75 Å². The summed E-state index contributed by atoms with van der Waals surface area (Å²) in [5, 5.41) is 15.0. The Balaban J connectivity index is 1.50. The minimum atomic E-state index is 0.392. The first kappa shape index (κ1) is 22.3. The number of aromatic hydroxyl groups is 1. The number of nitrogens with one attached hydrogen (secondary N) is 1. The fourth-order valence-corrected chi connectivity index (χ4v) is 4.36. The third-order valence-corrected chi connectivity index (χ3v) is 6.12. The zero-order chi connectivity index (χ0) is 21.3. The van der Waals surface area contributed by atoms with Gasteiger partial charge in [-0.05, 0) is 49.1 Å². The maximum Gasteiger partial charge on any atom is 0.146 e. The molecule has 0 aliphatic carbocycles. The Hall–Kier alpha value is -2.36. The van der Waals surface area contributed by atoms with E-state index in [4.69, 9.17) is 0 Å². The van der Waals surface area contributed by atoms with Gasteiger partial charge in [0.1, 0.15) is 11.4 Å². The molecule has 3 rings (SSSR count). The monoisotopic (exact) mass is 409 g/mol. The summed E-state index contributed by atoms with van der Waals surface area (Å²) in [6.07, 6.45) is 14.2. The van der Waals surface area contributed by atoms with Crippen molar-refractivity contribution in [2.24, 2.45) is 0 Å². The Morgan fingerprint density at radius 2 is 1.47 bits per heavy atom. The molecule has 2 N–H and O–H groups in total. The molecule has 164 valence electrons. The summed E-state index contributed by atoms with van der Waals surface area (Å²) >= 11 is 0. The number of nitrogens with zero attached hydrogens (tertiary/aromatic N) is 2. The number of hydrazine groups is 2. The van der Waals surface area contributed by atoms with Crippen molar-refractivity contribution in [1.29, 1.82) is 0 Å². The molecule has 1 aliphatic heterocycles. The van der Waals surface area contributed by atoms with Gasteiger partial charge in [-0.25, -0.2) is 0 Å². The molecular formula is C26H39N3O. The zero-order valence-electron chi connectivity index (χ0n) is 19.1. The highest BCUT2D eigenvalue weighted by molar-refractivity contribution is 5.82. The van der Waals surface area contributed by atoms with E-state index in [2.05, 4.69) is 37.5 Å². The third-order valence-electron chi connectivity index (χ3n) is 6.12. The number of benzene rings is 2. The predicted molar refractivity (Wildman–Crippen MR) is 129 cm³/mol. The number of fused-ring (bicyclic) bond motifs is 1. The smallest absolute Gasteiger partial charge is 0.146 e. The largest absolute Gasteiger partial charge is 0.505 e. The molecule has 0 saturated heterocycles. The molecule has 30 heavy (non-hydrogen) atoms. The van der Waals surface area contributed by atoms with Crippen molar-refractivity contribution in [3.05, 3.63) is 47.5 Å². The quantitative estimate of drug-likeness (QED) is 0.359. The minimum absolute atomic E-state index is 0.392. The van der Waals surface area contributed by atoms with E-state index < -0.39 is 0 Å². The molecule has 1 heterocycles. The molecule has 0 aromatic heterocycles. The topological polar surface area (TPSA) is 38.7 Å². The lowest BCUT2D eigenvalue weighted by Gasteiger charge is -2.29. The van der Waals surface area contributed by atoms with Gasteiger partial charge in [0.15, 0.2) is 0 Å². The van der Waals surface area contributed by atoms with Crippen molar-refractivity contribution < 1.29 is 5.11 Å². The maximum atomic E-state index is 11.0. The van der Waals surface area contributed by atoms with Crippen LogP contribution in [0.3, 0.4) is 0 Å². The third kappa shape index (κ3) is 5.62. The highest BCUT2D eigenvalue weighted by atomic mass is 16.3. The van der Waals surface area contributed by atoms with Crippen molar-refractivity contribution in [1.82, 2.24) is 0 Å². The zero-order valence-corrected chi connectivity index (χ0v) is 19.1. The lowest BCUT2D eigenvalue weighted by molar-refractivity contribution is 0.465. The van der Waals surface area contributed by atoms with Gasteiger partial charge in [-0.1, -0.05) is 82.9 Å². The first-order chi connectivity index (χ1) is 14.6. The van der Waals surface area contributed by atoms with Crippen LogP contribution in [0.15, 0.2) is 36.4 Å². The fraction of sp³-hybridized carbons (Fsp3) is 0.538. The van der Waals surface area contributed by atoms with Gasteiger partial charge in [0, 0.05) is 7.05 Å². The average Bonchev–Trinajstić information content (AvgIpc) is 3.08. The predicted octanol–water partition coefficient (Wildman–Crippen LogP) is 7.36. The molecule has 0 atom stereocenters. The van der Waals surface area contributed by atoms with E-state index in [1.165, 1.54) is 63.4 Å². The summed E-state index contributed by atoms with van der Waals surface area (Å²) in [5.74, 6) is 0.392. The molecule has 0 spiro atoms. The Bertz CT molecular complexity index is 805. The van der Waals surface area contributed by atoms with Crippen molar-refractivity contribution in [2.75, 3.05) is 22.6 Å². The van der Waals surface area contributed by atoms with E-state index in [0.717, 1.165) is 35.5 Å². The summed E-state index contributed by atoms with van der Waals surface area (Å²) in [4.78, 5) is 0. The maximum absolute atomic E-state index is 11.0. The molecule has 0 amide bonds. The van der Waals surface area contributed by atoms with E-state index in [-0.39, 0.29) is 0 Å². The molecule has 2 aromatic carbocycles. The minimum Gasteiger partial charge on any atom is -0.505 e. The summed E-state index contributed by atoms with van der Waals surface area (Å²) in [7, 11) is 2.02. The van der Waals surface area contributed by atoms with Crippen LogP contribution in [0.1, 0.15) is 82.3 Å². The number of aryl methyl sites for hydroxylation is 2. The summed E-state index contributed by atoms with van der Waals surface area (Å²) in [6, 6.07) is 12.4. The molecule has 1 aliphatic rings. The number of unbranched alkanes of at least 4 members (excludes halogenated alkanes) is 9. The summed E-state index contributed by atoms with van der Waals surface area (Å²) in [5.41, 5.74) is 8.61.